The summed E-state index contributed by atoms with van der Waals surface area (Å²) in [5, 5.41) is 9.12. The van der Waals surface area contributed by atoms with E-state index in [4.69, 9.17) is 10.00 Å². The number of carbonyl (C=O) groups is 3. The van der Waals surface area contributed by atoms with Crippen LogP contribution in [0.25, 0.3) is 0 Å². The summed E-state index contributed by atoms with van der Waals surface area (Å²) in [7, 11) is 1.62. The van der Waals surface area contributed by atoms with Crippen LogP contribution in [0.1, 0.15) is 52.0 Å². The molecule has 3 aromatic carbocycles. The lowest BCUT2D eigenvalue weighted by Gasteiger charge is -2.30. The molecule has 2 amide bonds. The summed E-state index contributed by atoms with van der Waals surface area (Å²) in [5.41, 5.74) is 3.28. The van der Waals surface area contributed by atoms with Crippen molar-refractivity contribution in [2.24, 2.45) is 0 Å². The molecule has 37 heavy (non-hydrogen) atoms. The molecule has 0 radical (unpaired) electrons. The summed E-state index contributed by atoms with van der Waals surface area (Å²) >= 11 is 0. The number of hydrogen-bond acceptors (Lipinski definition) is 5. The number of nitriles is 1. The first-order valence-electron chi connectivity index (χ1n) is 11.9. The summed E-state index contributed by atoms with van der Waals surface area (Å²) in [4.78, 5) is 42.4. The van der Waals surface area contributed by atoms with Crippen LogP contribution < -0.4 is 4.90 Å². The van der Waals surface area contributed by atoms with E-state index < -0.39 is 12.0 Å². The second-order valence-electron chi connectivity index (χ2n) is 8.50. The monoisotopic (exact) mass is 491 g/mol. The first-order valence-corrected chi connectivity index (χ1v) is 11.9. The molecule has 1 aliphatic heterocycles. The van der Waals surface area contributed by atoms with Gasteiger partial charge in [-0.05, 0) is 48.9 Å². The van der Waals surface area contributed by atoms with E-state index in [1.54, 1.807) is 56.4 Å². The zero-order valence-corrected chi connectivity index (χ0v) is 20.6. The Morgan fingerprint density at radius 3 is 2.38 bits per heavy atom. The van der Waals surface area contributed by atoms with Gasteiger partial charge in [-0.15, -0.1) is 0 Å². The number of anilines is 1. The predicted molar refractivity (Wildman–Crippen MR) is 138 cm³/mol. The van der Waals surface area contributed by atoms with E-state index in [1.807, 2.05) is 30.3 Å². The van der Waals surface area contributed by atoms with Crippen LogP contribution in [0.2, 0.25) is 0 Å². The summed E-state index contributed by atoms with van der Waals surface area (Å²) in [6, 6.07) is 22.6. The molecule has 0 aromatic heterocycles. The number of likely N-dealkylation sites (N-methyl/N-ethyl adjacent to an activating group) is 1. The minimum Gasteiger partial charge on any atom is -0.466 e. The van der Waals surface area contributed by atoms with E-state index >= 15 is 0 Å². The number of carbonyl (C=O) groups excluding carboxylic acids is 3. The molecule has 1 aliphatic rings. The number of amides is 2. The third-order valence-electron chi connectivity index (χ3n) is 6.10. The lowest BCUT2D eigenvalue weighted by molar-refractivity contribution is -0.144. The topological polar surface area (TPSA) is 90.7 Å². The molecule has 184 valence electrons. The molecular weight excluding hydrogens is 466 g/mol. The van der Waals surface area contributed by atoms with Gasteiger partial charge in [0.25, 0.3) is 5.91 Å². The molecule has 0 N–H and O–H groups in total. The van der Waals surface area contributed by atoms with Crippen LogP contribution in [0.15, 0.2) is 72.8 Å². The van der Waals surface area contributed by atoms with Crippen LogP contribution >= 0.6 is 0 Å². The van der Waals surface area contributed by atoms with Gasteiger partial charge in [-0.2, -0.15) is 5.26 Å². The van der Waals surface area contributed by atoms with Gasteiger partial charge in [-0.3, -0.25) is 14.4 Å². The van der Waals surface area contributed by atoms with E-state index in [1.165, 1.54) is 9.80 Å². The summed E-state index contributed by atoms with van der Waals surface area (Å²) in [6.07, 6.45) is -0.0787. The van der Waals surface area contributed by atoms with Crippen LogP contribution in [-0.2, 0) is 14.3 Å². The fraction of sp³-hybridized carbons (Fsp3) is 0.200. The molecule has 0 saturated carbocycles. The van der Waals surface area contributed by atoms with Crippen molar-refractivity contribution < 1.29 is 19.1 Å². The third kappa shape index (κ3) is 5.69. The van der Waals surface area contributed by atoms with Gasteiger partial charge in [0.2, 0.25) is 5.91 Å². The molecule has 4 rings (SSSR count). The first kappa shape index (κ1) is 25.2. The second-order valence-corrected chi connectivity index (χ2v) is 8.50. The van der Waals surface area contributed by atoms with Crippen LogP contribution in [0.3, 0.4) is 0 Å². The van der Waals surface area contributed by atoms with Crippen molar-refractivity contribution in [2.75, 3.05) is 25.1 Å². The van der Waals surface area contributed by atoms with Crippen molar-refractivity contribution in [1.29, 1.82) is 5.26 Å². The number of rotatable bonds is 5. The zero-order chi connectivity index (χ0) is 26.4. The van der Waals surface area contributed by atoms with Gasteiger partial charge < -0.3 is 14.5 Å². The van der Waals surface area contributed by atoms with Gasteiger partial charge in [-0.1, -0.05) is 48.2 Å². The van der Waals surface area contributed by atoms with Crippen LogP contribution in [0, 0.1) is 23.2 Å². The van der Waals surface area contributed by atoms with Gasteiger partial charge in [0.1, 0.15) is 6.54 Å². The molecule has 1 unspecified atom stereocenters. The fourth-order valence-corrected chi connectivity index (χ4v) is 4.21. The Labute approximate surface area is 215 Å². The summed E-state index contributed by atoms with van der Waals surface area (Å²) in [5.74, 6) is 4.97. The van der Waals surface area contributed by atoms with E-state index in [-0.39, 0.29) is 31.4 Å². The highest BCUT2D eigenvalue weighted by Crippen LogP contribution is 2.32. The Bertz CT molecular complexity index is 1450. The summed E-state index contributed by atoms with van der Waals surface area (Å²) < 4.78 is 5.17. The van der Waals surface area contributed by atoms with E-state index in [2.05, 4.69) is 17.9 Å². The second kappa shape index (κ2) is 11.2. The Morgan fingerprint density at radius 2 is 1.68 bits per heavy atom. The molecule has 1 atom stereocenters. The van der Waals surface area contributed by atoms with E-state index in [9.17, 15) is 14.4 Å². The highest BCUT2D eigenvalue weighted by Gasteiger charge is 2.36. The molecule has 7 heteroatoms. The average Bonchev–Trinajstić information content (AvgIpc) is 3.01. The predicted octanol–water partition coefficient (Wildman–Crippen LogP) is 4.07. The van der Waals surface area contributed by atoms with Crippen LogP contribution in [0.5, 0.6) is 0 Å². The number of benzene rings is 3. The molecular formula is C30H25N3O4. The maximum atomic E-state index is 13.9. The number of ether oxygens (including phenoxy) is 1. The van der Waals surface area contributed by atoms with Gasteiger partial charge in [-0.25, -0.2) is 0 Å². The van der Waals surface area contributed by atoms with Gasteiger partial charge in [0.15, 0.2) is 0 Å². The van der Waals surface area contributed by atoms with Crippen molar-refractivity contribution in [3.8, 4) is 17.9 Å². The maximum Gasteiger partial charge on any atom is 0.308 e. The Hall–Kier alpha value is -4.88. The smallest absolute Gasteiger partial charge is 0.308 e. The highest BCUT2D eigenvalue weighted by atomic mass is 16.5. The summed E-state index contributed by atoms with van der Waals surface area (Å²) in [6.45, 7) is 1.75. The quantitative estimate of drug-likeness (QED) is 0.396. The van der Waals surface area contributed by atoms with Gasteiger partial charge >= 0.3 is 5.97 Å². The maximum absolute atomic E-state index is 13.9. The van der Waals surface area contributed by atoms with Crippen molar-refractivity contribution in [3.05, 3.63) is 101 Å². The molecule has 0 saturated heterocycles. The lowest BCUT2D eigenvalue weighted by atomic mass is 10.00. The van der Waals surface area contributed by atoms with E-state index in [0.717, 1.165) is 5.56 Å². The fourth-order valence-electron chi connectivity index (χ4n) is 4.21. The largest absolute Gasteiger partial charge is 0.466 e. The lowest BCUT2D eigenvalue weighted by Crippen LogP contribution is -2.41. The average molecular weight is 492 g/mol. The molecule has 0 aliphatic carbocycles. The van der Waals surface area contributed by atoms with Crippen LogP contribution in [0.4, 0.5) is 5.69 Å². The SMILES string of the molecule is CCOC(=O)CC(c1ccccc1)N1CC(=O)N(C)c2ccc(C#Cc3cccc(C#N)c3)cc2C1=O. The third-order valence-corrected chi connectivity index (χ3v) is 6.10. The molecule has 0 fully saturated rings. The number of hydrogen-bond donors (Lipinski definition) is 0. The number of nitrogens with zero attached hydrogens (tertiary/aromatic N) is 3. The zero-order valence-electron chi connectivity index (χ0n) is 20.6. The van der Waals surface area contributed by atoms with Gasteiger partial charge in [0.05, 0.1) is 42.0 Å². The van der Waals surface area contributed by atoms with Crippen molar-refractivity contribution >= 4 is 23.5 Å². The first-order chi connectivity index (χ1) is 17.9. The molecule has 0 spiro atoms. The Balaban J connectivity index is 1.75. The van der Waals surface area contributed by atoms with E-state index in [0.29, 0.717) is 27.9 Å². The van der Waals surface area contributed by atoms with Gasteiger partial charge in [0, 0.05) is 18.2 Å². The number of esters is 1. The Morgan fingerprint density at radius 1 is 0.973 bits per heavy atom. The highest BCUT2D eigenvalue weighted by molar-refractivity contribution is 6.09. The Kier molecular flexibility index (Phi) is 7.66. The minimum absolute atomic E-state index is 0.0787. The normalized spacial score (nSPS) is 13.5. The molecule has 0 bridgehead atoms. The molecule has 1 heterocycles. The minimum atomic E-state index is -0.681. The van der Waals surface area contributed by atoms with Crippen molar-refractivity contribution in [1.82, 2.24) is 4.90 Å². The van der Waals surface area contributed by atoms with Crippen molar-refractivity contribution in [3.63, 3.8) is 0 Å². The molecule has 7 nitrogen and oxygen atoms in total. The molecule has 3 aromatic rings. The van der Waals surface area contributed by atoms with Crippen molar-refractivity contribution in [2.45, 2.75) is 19.4 Å². The van der Waals surface area contributed by atoms with Crippen LogP contribution in [-0.4, -0.2) is 42.9 Å². The standard InChI is InChI=1S/C30H25N3O4/c1-3-37-29(35)18-27(24-10-5-4-6-11-24)33-20-28(34)32(2)26-15-14-22(17-25(26)30(33)36)13-12-21-8-7-9-23(16-21)19-31/h4-11,14-17,27H,3,18,20H2,1-2H3. The number of fused-ring (bicyclic) bond motifs is 1.